The van der Waals surface area contributed by atoms with Gasteiger partial charge in [-0.3, -0.25) is 9.48 Å². The molecule has 0 bridgehead atoms. The van der Waals surface area contributed by atoms with Gasteiger partial charge in [-0.15, -0.1) is 12.4 Å². The fourth-order valence-corrected chi connectivity index (χ4v) is 2.72. The number of carbonyl (C=O) groups excluding carboxylic acids is 1. The number of carbonyl (C=O) groups is 1. The number of nitrogens with two attached hydrogens (primary N) is 1. The van der Waals surface area contributed by atoms with Gasteiger partial charge in [0.15, 0.2) is 0 Å². The lowest BCUT2D eigenvalue weighted by atomic mass is 9.54. The second kappa shape index (κ2) is 6.34. The van der Waals surface area contributed by atoms with Crippen molar-refractivity contribution in [3.63, 3.8) is 0 Å². The summed E-state index contributed by atoms with van der Waals surface area (Å²) in [6, 6.07) is 0. The van der Waals surface area contributed by atoms with E-state index in [0.717, 1.165) is 5.56 Å². The van der Waals surface area contributed by atoms with Crippen LogP contribution in [0, 0.1) is 5.41 Å². The summed E-state index contributed by atoms with van der Waals surface area (Å²) in [5.74, 6) is -0.123. The Kier molecular flexibility index (Phi) is 5.41. The Bertz CT molecular complexity index is 503. The predicted molar refractivity (Wildman–Crippen MR) is 83.0 cm³/mol. The minimum absolute atomic E-state index is 0. The van der Waals surface area contributed by atoms with Gasteiger partial charge in [0.2, 0.25) is 5.91 Å². The molecule has 0 spiro atoms. The van der Waals surface area contributed by atoms with Crippen molar-refractivity contribution in [2.75, 3.05) is 6.61 Å². The van der Waals surface area contributed by atoms with E-state index in [1.165, 1.54) is 0 Å². The number of nitrogens with one attached hydrogen (secondary N) is 1. The number of halogens is 1. The highest BCUT2D eigenvalue weighted by atomic mass is 35.5. The third-order valence-corrected chi connectivity index (χ3v) is 4.45. The Balaban J connectivity index is 0.00000220. The number of amides is 1. The van der Waals surface area contributed by atoms with Crippen LogP contribution < -0.4 is 11.1 Å². The normalized spacial score (nSPS) is 26.6. The lowest BCUT2D eigenvalue weighted by Crippen LogP contribution is -2.75. The van der Waals surface area contributed by atoms with Gasteiger partial charge in [0, 0.05) is 43.8 Å². The van der Waals surface area contributed by atoms with E-state index in [4.69, 9.17) is 10.5 Å². The highest BCUT2D eigenvalue weighted by Gasteiger charge is 2.62. The molecule has 120 valence electrons. The van der Waals surface area contributed by atoms with Crippen LogP contribution in [0.1, 0.15) is 32.8 Å². The van der Waals surface area contributed by atoms with Crippen LogP contribution in [0.25, 0.3) is 0 Å². The fraction of sp³-hybridized carbons (Fsp3) is 0.714. The second-order valence-corrected chi connectivity index (χ2v) is 6.05. The Morgan fingerprint density at radius 3 is 2.76 bits per heavy atom. The molecule has 1 aromatic rings. The molecule has 1 aliphatic rings. The summed E-state index contributed by atoms with van der Waals surface area (Å²) in [4.78, 5) is 12.4. The van der Waals surface area contributed by atoms with Crippen molar-refractivity contribution in [1.29, 1.82) is 0 Å². The predicted octanol–water partition coefficient (Wildman–Crippen LogP) is 0.991. The molecule has 2 rings (SSSR count). The molecule has 1 aromatic heterocycles. The van der Waals surface area contributed by atoms with Crippen molar-refractivity contribution in [3.05, 3.63) is 18.0 Å². The summed E-state index contributed by atoms with van der Waals surface area (Å²) in [6.07, 6.45) is 4.21. The summed E-state index contributed by atoms with van der Waals surface area (Å²) in [7, 11) is 1.84. The average Bonchev–Trinajstić information content (AvgIpc) is 2.81. The molecule has 21 heavy (non-hydrogen) atoms. The van der Waals surface area contributed by atoms with E-state index in [0.29, 0.717) is 19.6 Å². The van der Waals surface area contributed by atoms with Crippen molar-refractivity contribution >= 4 is 18.3 Å². The standard InChI is InChI=1S/C14H24N4O2.ClH/c1-5-20-11-6-14(15,13(11,2)3)12(19)16-7-10-8-17-18(4)9-10;/h8-9,11H,5-7,15H2,1-4H3,(H,16,19);1H. The monoisotopic (exact) mass is 316 g/mol. The van der Waals surface area contributed by atoms with Gasteiger partial charge in [-0.1, -0.05) is 13.8 Å². The number of nitrogens with zero attached hydrogens (tertiary/aromatic N) is 2. The van der Waals surface area contributed by atoms with E-state index in [1.807, 2.05) is 34.0 Å². The number of rotatable bonds is 5. The third kappa shape index (κ3) is 3.07. The molecule has 1 saturated carbocycles. The summed E-state index contributed by atoms with van der Waals surface area (Å²) in [5, 5.41) is 6.97. The maximum atomic E-state index is 12.4. The number of aryl methyl sites for hydroxylation is 1. The van der Waals surface area contributed by atoms with Crippen LogP contribution in [-0.2, 0) is 23.1 Å². The Morgan fingerprint density at radius 2 is 2.29 bits per heavy atom. The van der Waals surface area contributed by atoms with Gasteiger partial charge in [-0.05, 0) is 6.92 Å². The van der Waals surface area contributed by atoms with Crippen LogP contribution in [0.2, 0.25) is 0 Å². The Labute approximate surface area is 131 Å². The van der Waals surface area contributed by atoms with Crippen LogP contribution in [0.3, 0.4) is 0 Å². The molecular formula is C14H25ClN4O2. The minimum Gasteiger partial charge on any atom is -0.378 e. The Hall–Kier alpha value is -1.11. The summed E-state index contributed by atoms with van der Waals surface area (Å²) < 4.78 is 7.34. The molecule has 0 saturated heterocycles. The van der Waals surface area contributed by atoms with Crippen LogP contribution in [0.15, 0.2) is 12.4 Å². The molecular weight excluding hydrogens is 292 g/mol. The van der Waals surface area contributed by atoms with Crippen LogP contribution in [0.4, 0.5) is 0 Å². The molecule has 2 unspecified atom stereocenters. The highest BCUT2D eigenvalue weighted by Crippen LogP contribution is 2.49. The van der Waals surface area contributed by atoms with E-state index in [9.17, 15) is 4.79 Å². The summed E-state index contributed by atoms with van der Waals surface area (Å²) >= 11 is 0. The molecule has 1 aliphatic carbocycles. The number of hydrogen-bond donors (Lipinski definition) is 2. The third-order valence-electron chi connectivity index (χ3n) is 4.45. The van der Waals surface area contributed by atoms with Gasteiger partial charge >= 0.3 is 0 Å². The van der Waals surface area contributed by atoms with Crippen LogP contribution >= 0.6 is 12.4 Å². The minimum atomic E-state index is -0.866. The molecule has 2 atom stereocenters. The molecule has 1 fully saturated rings. The van der Waals surface area contributed by atoms with Gasteiger partial charge in [-0.2, -0.15) is 5.10 Å². The number of ether oxygens (including phenoxy) is 1. The first-order valence-electron chi connectivity index (χ1n) is 6.97. The quantitative estimate of drug-likeness (QED) is 0.848. The number of hydrogen-bond acceptors (Lipinski definition) is 4. The highest BCUT2D eigenvalue weighted by molar-refractivity contribution is 5.88. The smallest absolute Gasteiger partial charge is 0.241 e. The van der Waals surface area contributed by atoms with E-state index in [1.54, 1.807) is 10.9 Å². The Morgan fingerprint density at radius 1 is 1.62 bits per heavy atom. The van der Waals surface area contributed by atoms with Crippen molar-refractivity contribution < 1.29 is 9.53 Å². The maximum Gasteiger partial charge on any atom is 0.241 e. The molecule has 7 heteroatoms. The van der Waals surface area contributed by atoms with Gasteiger partial charge in [0.05, 0.1) is 12.3 Å². The maximum absolute atomic E-state index is 12.4. The lowest BCUT2D eigenvalue weighted by molar-refractivity contribution is -0.170. The lowest BCUT2D eigenvalue weighted by Gasteiger charge is -2.57. The largest absolute Gasteiger partial charge is 0.378 e. The molecule has 6 nitrogen and oxygen atoms in total. The van der Waals surface area contributed by atoms with Crippen molar-refractivity contribution in [1.82, 2.24) is 15.1 Å². The van der Waals surface area contributed by atoms with Gasteiger partial charge in [0.25, 0.3) is 0 Å². The first-order chi connectivity index (χ1) is 9.31. The second-order valence-electron chi connectivity index (χ2n) is 6.05. The average molecular weight is 317 g/mol. The molecule has 1 heterocycles. The van der Waals surface area contributed by atoms with Gasteiger partial charge in [-0.25, -0.2) is 0 Å². The topological polar surface area (TPSA) is 82.2 Å². The van der Waals surface area contributed by atoms with E-state index in [2.05, 4.69) is 10.4 Å². The number of aromatic nitrogens is 2. The molecule has 0 aromatic carbocycles. The zero-order valence-corrected chi connectivity index (χ0v) is 13.9. The van der Waals surface area contributed by atoms with Crippen molar-refractivity contribution in [3.8, 4) is 0 Å². The van der Waals surface area contributed by atoms with E-state index < -0.39 is 5.54 Å². The first-order valence-corrected chi connectivity index (χ1v) is 6.97. The first kappa shape index (κ1) is 17.9. The van der Waals surface area contributed by atoms with E-state index in [-0.39, 0.29) is 29.8 Å². The molecule has 0 aliphatic heterocycles. The van der Waals surface area contributed by atoms with Crippen LogP contribution in [-0.4, -0.2) is 33.9 Å². The SMILES string of the molecule is CCOC1CC(N)(C(=O)NCc2cnn(C)c2)C1(C)C.Cl. The van der Waals surface area contributed by atoms with Crippen molar-refractivity contribution in [2.24, 2.45) is 18.2 Å². The zero-order chi connectivity index (χ0) is 15.0. The van der Waals surface area contributed by atoms with Gasteiger partial charge in [0.1, 0.15) is 5.54 Å². The molecule has 1 amide bonds. The van der Waals surface area contributed by atoms with Crippen molar-refractivity contribution in [2.45, 2.75) is 45.4 Å². The molecule has 0 radical (unpaired) electrons. The van der Waals surface area contributed by atoms with Gasteiger partial charge < -0.3 is 15.8 Å². The summed E-state index contributed by atoms with van der Waals surface area (Å²) in [6.45, 7) is 7.01. The summed E-state index contributed by atoms with van der Waals surface area (Å²) in [5.41, 5.74) is 6.04. The fourth-order valence-electron chi connectivity index (χ4n) is 2.72. The molecule has 3 N–H and O–H groups in total. The van der Waals surface area contributed by atoms with Crippen LogP contribution in [0.5, 0.6) is 0 Å². The van der Waals surface area contributed by atoms with E-state index >= 15 is 0 Å². The zero-order valence-electron chi connectivity index (χ0n) is 13.0.